The quantitative estimate of drug-likeness (QED) is 0.849. The number of rotatable bonds is 3. The Hall–Kier alpha value is -1.10. The van der Waals surface area contributed by atoms with Crippen molar-refractivity contribution in [3.05, 3.63) is 29.8 Å². The van der Waals surface area contributed by atoms with Gasteiger partial charge in [0.2, 0.25) is 0 Å². The lowest BCUT2D eigenvalue weighted by atomic mass is 10.1. The van der Waals surface area contributed by atoms with Crippen molar-refractivity contribution in [1.29, 1.82) is 0 Å². The molecule has 4 heteroatoms. The summed E-state index contributed by atoms with van der Waals surface area (Å²) in [6, 6.07) is 8.37. The van der Waals surface area contributed by atoms with Gasteiger partial charge in [-0.2, -0.15) is 0 Å². The molecular formula is C14H22N2O2. The van der Waals surface area contributed by atoms with Crippen LogP contribution in [0.1, 0.15) is 25.5 Å². The standard InChI is InChI=1S/C14H22N2O2/c1-10-7-16(8-14(9-17)18-10)13-5-3-12(4-6-13)11(2)15/h3-6,10-11,14,17H,7-9,15H2,1-2H3/t10?,11-,14?/m1/s1. The van der Waals surface area contributed by atoms with Crippen molar-refractivity contribution >= 4 is 5.69 Å². The number of ether oxygens (including phenoxy) is 1. The van der Waals surface area contributed by atoms with Crippen LogP contribution in [-0.4, -0.2) is 37.0 Å². The Morgan fingerprint density at radius 3 is 2.61 bits per heavy atom. The smallest absolute Gasteiger partial charge is 0.0984 e. The number of nitrogens with two attached hydrogens (primary N) is 1. The highest BCUT2D eigenvalue weighted by Gasteiger charge is 2.24. The Balaban J connectivity index is 2.10. The number of aliphatic hydroxyl groups is 1. The fourth-order valence-electron chi connectivity index (χ4n) is 2.35. The predicted molar refractivity (Wildman–Crippen MR) is 72.7 cm³/mol. The summed E-state index contributed by atoms with van der Waals surface area (Å²) in [7, 11) is 0. The van der Waals surface area contributed by atoms with Crippen LogP contribution in [-0.2, 0) is 4.74 Å². The van der Waals surface area contributed by atoms with Gasteiger partial charge in [-0.15, -0.1) is 0 Å². The van der Waals surface area contributed by atoms with Crippen LogP contribution in [0.4, 0.5) is 5.69 Å². The molecule has 1 heterocycles. The number of hydrogen-bond donors (Lipinski definition) is 2. The van der Waals surface area contributed by atoms with Crippen LogP contribution in [0.25, 0.3) is 0 Å². The zero-order valence-corrected chi connectivity index (χ0v) is 11.0. The van der Waals surface area contributed by atoms with E-state index in [0.717, 1.165) is 24.3 Å². The molecule has 18 heavy (non-hydrogen) atoms. The lowest BCUT2D eigenvalue weighted by molar-refractivity contribution is -0.0421. The average Bonchev–Trinajstić information content (AvgIpc) is 2.38. The highest BCUT2D eigenvalue weighted by atomic mass is 16.5. The van der Waals surface area contributed by atoms with Gasteiger partial charge in [-0.05, 0) is 31.5 Å². The van der Waals surface area contributed by atoms with E-state index in [1.54, 1.807) is 0 Å². The third-order valence-corrected chi connectivity index (χ3v) is 3.31. The first kappa shape index (κ1) is 13.3. The van der Waals surface area contributed by atoms with Crippen molar-refractivity contribution in [2.24, 2.45) is 5.73 Å². The summed E-state index contributed by atoms with van der Waals surface area (Å²) in [5, 5.41) is 9.22. The molecule has 100 valence electrons. The van der Waals surface area contributed by atoms with Crippen molar-refractivity contribution in [2.75, 3.05) is 24.6 Å². The maximum Gasteiger partial charge on any atom is 0.0984 e. The predicted octanol–water partition coefficient (Wildman–Crippen LogP) is 1.29. The number of aliphatic hydroxyl groups excluding tert-OH is 1. The van der Waals surface area contributed by atoms with Gasteiger partial charge >= 0.3 is 0 Å². The van der Waals surface area contributed by atoms with E-state index in [-0.39, 0.29) is 24.9 Å². The molecule has 1 aliphatic rings. The average molecular weight is 250 g/mol. The molecule has 0 saturated carbocycles. The van der Waals surface area contributed by atoms with Gasteiger partial charge in [0.25, 0.3) is 0 Å². The van der Waals surface area contributed by atoms with E-state index in [2.05, 4.69) is 29.2 Å². The van der Waals surface area contributed by atoms with Crippen molar-refractivity contribution in [1.82, 2.24) is 0 Å². The molecule has 4 nitrogen and oxygen atoms in total. The Morgan fingerprint density at radius 1 is 1.39 bits per heavy atom. The summed E-state index contributed by atoms with van der Waals surface area (Å²) < 4.78 is 5.64. The van der Waals surface area contributed by atoms with E-state index in [9.17, 15) is 5.11 Å². The second-order valence-corrected chi connectivity index (χ2v) is 5.04. The Bertz CT molecular complexity index is 378. The zero-order valence-electron chi connectivity index (χ0n) is 11.0. The largest absolute Gasteiger partial charge is 0.394 e. The van der Waals surface area contributed by atoms with Crippen LogP contribution >= 0.6 is 0 Å². The Kier molecular flexibility index (Phi) is 4.22. The molecule has 1 saturated heterocycles. The lowest BCUT2D eigenvalue weighted by Crippen LogP contribution is -2.48. The summed E-state index contributed by atoms with van der Waals surface area (Å²) >= 11 is 0. The molecule has 0 spiro atoms. The summed E-state index contributed by atoms with van der Waals surface area (Å²) in [5.41, 5.74) is 8.14. The summed E-state index contributed by atoms with van der Waals surface area (Å²) in [6.07, 6.45) is 0.0471. The van der Waals surface area contributed by atoms with Crippen LogP contribution in [0, 0.1) is 0 Å². The minimum atomic E-state index is -0.0955. The minimum absolute atomic E-state index is 0.0628. The van der Waals surface area contributed by atoms with Gasteiger partial charge in [0.15, 0.2) is 0 Å². The molecule has 0 amide bonds. The van der Waals surface area contributed by atoms with Crippen molar-refractivity contribution in [3.63, 3.8) is 0 Å². The first-order valence-electron chi connectivity index (χ1n) is 6.47. The molecule has 1 aliphatic heterocycles. The first-order valence-corrected chi connectivity index (χ1v) is 6.47. The normalized spacial score (nSPS) is 26.1. The third kappa shape index (κ3) is 3.02. The number of nitrogens with zero attached hydrogens (tertiary/aromatic N) is 1. The van der Waals surface area contributed by atoms with Gasteiger partial charge in [0.05, 0.1) is 18.8 Å². The van der Waals surface area contributed by atoms with Crippen LogP contribution in [0.5, 0.6) is 0 Å². The number of anilines is 1. The van der Waals surface area contributed by atoms with E-state index in [4.69, 9.17) is 10.5 Å². The minimum Gasteiger partial charge on any atom is -0.394 e. The summed E-state index contributed by atoms with van der Waals surface area (Å²) in [5.74, 6) is 0. The Morgan fingerprint density at radius 2 is 2.06 bits per heavy atom. The molecule has 1 fully saturated rings. The first-order chi connectivity index (χ1) is 8.60. The van der Waals surface area contributed by atoms with Gasteiger partial charge in [0, 0.05) is 24.8 Å². The van der Waals surface area contributed by atoms with Gasteiger partial charge in [-0.25, -0.2) is 0 Å². The SMILES string of the molecule is CC1CN(c2ccc([C@@H](C)N)cc2)CC(CO)O1. The fourth-order valence-corrected chi connectivity index (χ4v) is 2.35. The van der Waals surface area contributed by atoms with Crippen LogP contribution in [0.3, 0.4) is 0 Å². The molecule has 3 N–H and O–H groups in total. The molecule has 1 aromatic carbocycles. The van der Waals surface area contributed by atoms with E-state index in [1.165, 1.54) is 0 Å². The molecule has 0 aliphatic carbocycles. The van der Waals surface area contributed by atoms with Crippen molar-refractivity contribution < 1.29 is 9.84 Å². The zero-order chi connectivity index (χ0) is 13.1. The van der Waals surface area contributed by atoms with Gasteiger partial charge in [-0.1, -0.05) is 12.1 Å². The molecular weight excluding hydrogens is 228 g/mol. The van der Waals surface area contributed by atoms with Crippen LogP contribution in [0.15, 0.2) is 24.3 Å². The van der Waals surface area contributed by atoms with Gasteiger partial charge in [0.1, 0.15) is 0 Å². The second-order valence-electron chi connectivity index (χ2n) is 5.04. The molecule has 0 bridgehead atoms. The number of morpholine rings is 1. The molecule has 2 rings (SSSR count). The highest BCUT2D eigenvalue weighted by Crippen LogP contribution is 2.22. The lowest BCUT2D eigenvalue weighted by Gasteiger charge is -2.37. The summed E-state index contributed by atoms with van der Waals surface area (Å²) in [4.78, 5) is 2.25. The Labute approximate surface area is 108 Å². The fraction of sp³-hybridized carbons (Fsp3) is 0.571. The monoisotopic (exact) mass is 250 g/mol. The molecule has 2 unspecified atom stereocenters. The van der Waals surface area contributed by atoms with E-state index in [1.807, 2.05) is 13.8 Å². The van der Waals surface area contributed by atoms with E-state index < -0.39 is 0 Å². The summed E-state index contributed by atoms with van der Waals surface area (Å²) in [6.45, 7) is 5.67. The second kappa shape index (κ2) is 5.69. The molecule has 0 aromatic heterocycles. The number of benzene rings is 1. The van der Waals surface area contributed by atoms with Crippen LogP contribution in [0.2, 0.25) is 0 Å². The highest BCUT2D eigenvalue weighted by molar-refractivity contribution is 5.48. The maximum atomic E-state index is 9.22. The van der Waals surface area contributed by atoms with E-state index >= 15 is 0 Å². The van der Waals surface area contributed by atoms with Crippen molar-refractivity contribution in [2.45, 2.75) is 32.1 Å². The van der Waals surface area contributed by atoms with Crippen LogP contribution < -0.4 is 10.6 Å². The maximum absolute atomic E-state index is 9.22. The molecule has 0 radical (unpaired) electrons. The third-order valence-electron chi connectivity index (χ3n) is 3.31. The van der Waals surface area contributed by atoms with Gasteiger partial charge < -0.3 is 20.5 Å². The van der Waals surface area contributed by atoms with Gasteiger partial charge in [-0.3, -0.25) is 0 Å². The molecule has 1 aromatic rings. The van der Waals surface area contributed by atoms with E-state index in [0.29, 0.717) is 0 Å². The number of hydrogen-bond acceptors (Lipinski definition) is 4. The van der Waals surface area contributed by atoms with Crippen molar-refractivity contribution in [3.8, 4) is 0 Å². The molecule has 3 atom stereocenters. The topological polar surface area (TPSA) is 58.7 Å².